The van der Waals surface area contributed by atoms with E-state index in [1.54, 1.807) is 24.3 Å². The van der Waals surface area contributed by atoms with Gasteiger partial charge in [-0.1, -0.05) is 23.3 Å². The summed E-state index contributed by atoms with van der Waals surface area (Å²) in [6.45, 7) is -0.0394. The van der Waals surface area contributed by atoms with Crippen LogP contribution in [0.2, 0.25) is 0 Å². The molecule has 1 aromatic heterocycles. The molecule has 0 spiro atoms. The van der Waals surface area contributed by atoms with E-state index in [9.17, 15) is 13.2 Å². The normalized spacial score (nSPS) is 19.8. The van der Waals surface area contributed by atoms with Crippen LogP contribution in [0.5, 0.6) is 0 Å². The highest BCUT2D eigenvalue weighted by atomic mass is 19.4. The lowest BCUT2D eigenvalue weighted by Crippen LogP contribution is -2.50. The molecule has 0 aliphatic carbocycles. The number of alkyl halides is 3. The van der Waals surface area contributed by atoms with Gasteiger partial charge in [0.25, 0.3) is 5.95 Å². The average Bonchev–Trinajstić information content (AvgIpc) is 2.97. The van der Waals surface area contributed by atoms with Crippen LogP contribution >= 0.6 is 0 Å². The number of halogens is 3. The largest absolute Gasteiger partial charge is 0.416 e. The Kier molecular flexibility index (Phi) is 3.50. The monoisotopic (exact) mass is 299 g/mol. The lowest BCUT2D eigenvalue weighted by Gasteiger charge is -2.33. The second kappa shape index (κ2) is 5.32. The molecule has 0 saturated carbocycles. The van der Waals surface area contributed by atoms with Crippen molar-refractivity contribution in [2.45, 2.75) is 12.3 Å². The molecule has 0 amide bonds. The van der Waals surface area contributed by atoms with Gasteiger partial charge in [0.05, 0.1) is 18.8 Å². The number of tetrazole rings is 1. The predicted molar refractivity (Wildman–Crippen MR) is 67.2 cm³/mol. The Labute approximate surface area is 118 Å². The number of benzene rings is 1. The Balaban J connectivity index is 1.87. The number of aromatic nitrogens is 4. The Bertz CT molecular complexity index is 600. The maximum atomic E-state index is 12.8. The number of morpholine rings is 1. The van der Waals surface area contributed by atoms with E-state index >= 15 is 0 Å². The molecule has 1 aliphatic heterocycles. The van der Waals surface area contributed by atoms with E-state index < -0.39 is 12.3 Å². The van der Waals surface area contributed by atoms with Crippen molar-refractivity contribution in [1.82, 2.24) is 20.2 Å². The van der Waals surface area contributed by atoms with Crippen molar-refractivity contribution in [3.8, 4) is 5.69 Å². The van der Waals surface area contributed by atoms with E-state index in [1.165, 1.54) is 9.58 Å². The van der Waals surface area contributed by atoms with Gasteiger partial charge in [-0.15, -0.1) is 0 Å². The number of hydrogen-bond acceptors (Lipinski definition) is 5. The first kappa shape index (κ1) is 13.8. The molecule has 1 aromatic carbocycles. The molecule has 3 rings (SSSR count). The molecule has 6 nitrogen and oxygen atoms in total. The molecule has 1 atom stereocenters. The molecular weight excluding hydrogens is 287 g/mol. The molecule has 0 N–H and O–H groups in total. The highest BCUT2D eigenvalue weighted by Crippen LogP contribution is 2.27. The average molecular weight is 299 g/mol. The molecule has 9 heteroatoms. The van der Waals surface area contributed by atoms with Gasteiger partial charge in [0.1, 0.15) is 0 Å². The van der Waals surface area contributed by atoms with Gasteiger partial charge < -0.3 is 9.64 Å². The zero-order valence-electron chi connectivity index (χ0n) is 10.9. The molecule has 1 fully saturated rings. The number of hydrogen-bond donors (Lipinski definition) is 0. The van der Waals surface area contributed by atoms with Crippen molar-refractivity contribution in [2.24, 2.45) is 0 Å². The van der Waals surface area contributed by atoms with Gasteiger partial charge in [-0.25, -0.2) is 0 Å². The lowest BCUT2D eigenvalue weighted by atomic mass is 10.2. The highest BCUT2D eigenvalue weighted by molar-refractivity contribution is 5.40. The number of ether oxygens (including phenoxy) is 1. The summed E-state index contributed by atoms with van der Waals surface area (Å²) in [5.74, 6) is 0.277. The summed E-state index contributed by atoms with van der Waals surface area (Å²) in [6.07, 6.45) is -6.23. The zero-order chi connectivity index (χ0) is 14.9. The van der Waals surface area contributed by atoms with E-state index in [-0.39, 0.29) is 19.1 Å². The van der Waals surface area contributed by atoms with E-state index in [2.05, 4.69) is 15.5 Å². The van der Waals surface area contributed by atoms with Crippen LogP contribution in [0, 0.1) is 0 Å². The first-order chi connectivity index (χ1) is 10.1. The van der Waals surface area contributed by atoms with Crippen molar-refractivity contribution in [3.63, 3.8) is 0 Å². The van der Waals surface area contributed by atoms with Crippen molar-refractivity contribution in [1.29, 1.82) is 0 Å². The summed E-state index contributed by atoms with van der Waals surface area (Å²) in [5, 5.41) is 11.2. The minimum absolute atomic E-state index is 0.0220. The van der Waals surface area contributed by atoms with Crippen molar-refractivity contribution in [2.75, 3.05) is 24.6 Å². The maximum absolute atomic E-state index is 12.8. The molecule has 0 radical (unpaired) electrons. The Hall–Kier alpha value is -2.16. The number of anilines is 1. The Morgan fingerprint density at radius 1 is 1.19 bits per heavy atom. The quantitative estimate of drug-likeness (QED) is 0.839. The Morgan fingerprint density at radius 3 is 2.67 bits per heavy atom. The van der Waals surface area contributed by atoms with Gasteiger partial charge in [-0.2, -0.15) is 17.9 Å². The van der Waals surface area contributed by atoms with Gasteiger partial charge in [0, 0.05) is 6.54 Å². The summed E-state index contributed by atoms with van der Waals surface area (Å²) in [7, 11) is 0. The molecule has 21 heavy (non-hydrogen) atoms. The van der Waals surface area contributed by atoms with Crippen LogP contribution in [0.3, 0.4) is 0 Å². The number of para-hydroxylation sites is 1. The smallest absolute Gasteiger partial charge is 0.365 e. The molecule has 1 saturated heterocycles. The van der Waals surface area contributed by atoms with E-state index in [4.69, 9.17) is 4.74 Å². The molecule has 2 aromatic rings. The van der Waals surface area contributed by atoms with Gasteiger partial charge >= 0.3 is 6.18 Å². The minimum Gasteiger partial charge on any atom is -0.365 e. The number of nitrogens with zero attached hydrogens (tertiary/aromatic N) is 5. The maximum Gasteiger partial charge on any atom is 0.416 e. The van der Waals surface area contributed by atoms with E-state index in [0.717, 1.165) is 0 Å². The standard InChI is InChI=1S/C12H12F3N5O/c13-12(14,15)10-8-19(6-7-21-10)11-16-17-18-20(11)9-4-2-1-3-5-9/h1-5,10H,6-8H2/t10-/m1/s1. The summed E-state index contributed by atoms with van der Waals surface area (Å²) < 4.78 is 44.5. The van der Waals surface area contributed by atoms with E-state index in [0.29, 0.717) is 12.2 Å². The van der Waals surface area contributed by atoms with E-state index in [1.807, 2.05) is 6.07 Å². The third-order valence-corrected chi connectivity index (χ3v) is 3.17. The first-order valence-electron chi connectivity index (χ1n) is 6.33. The third-order valence-electron chi connectivity index (χ3n) is 3.17. The second-order valence-corrected chi connectivity index (χ2v) is 4.57. The van der Waals surface area contributed by atoms with Gasteiger partial charge in [0.2, 0.25) is 0 Å². The molecule has 2 heterocycles. The van der Waals surface area contributed by atoms with Crippen LogP contribution in [0.25, 0.3) is 5.69 Å². The van der Waals surface area contributed by atoms with Crippen LogP contribution in [0.15, 0.2) is 30.3 Å². The van der Waals surface area contributed by atoms with Gasteiger partial charge in [0.15, 0.2) is 6.10 Å². The highest BCUT2D eigenvalue weighted by Gasteiger charge is 2.44. The fourth-order valence-electron chi connectivity index (χ4n) is 2.14. The summed E-state index contributed by atoms with van der Waals surface area (Å²) in [5.41, 5.74) is 0.688. The molecule has 1 aliphatic rings. The summed E-state index contributed by atoms with van der Waals surface area (Å²) in [4.78, 5) is 1.48. The minimum atomic E-state index is -4.40. The Morgan fingerprint density at radius 2 is 1.95 bits per heavy atom. The SMILES string of the molecule is FC(F)(F)[C@H]1CN(c2nnnn2-c2ccccc2)CCO1. The fraction of sp³-hybridized carbons (Fsp3) is 0.417. The van der Waals surface area contributed by atoms with Crippen LogP contribution in [-0.4, -0.2) is 52.2 Å². The lowest BCUT2D eigenvalue weighted by molar-refractivity contribution is -0.221. The van der Waals surface area contributed by atoms with Gasteiger partial charge in [-0.3, -0.25) is 0 Å². The fourth-order valence-corrected chi connectivity index (χ4v) is 2.14. The predicted octanol–water partition coefficient (Wildman–Crippen LogP) is 1.43. The van der Waals surface area contributed by atoms with Crippen molar-refractivity contribution < 1.29 is 17.9 Å². The molecular formula is C12H12F3N5O. The second-order valence-electron chi connectivity index (χ2n) is 4.57. The first-order valence-corrected chi connectivity index (χ1v) is 6.33. The third kappa shape index (κ3) is 2.82. The van der Waals surface area contributed by atoms with Crippen LogP contribution in [-0.2, 0) is 4.74 Å². The van der Waals surface area contributed by atoms with Crippen molar-refractivity contribution >= 4 is 5.95 Å². The topological polar surface area (TPSA) is 56.1 Å². The zero-order valence-corrected chi connectivity index (χ0v) is 10.9. The van der Waals surface area contributed by atoms with Crippen molar-refractivity contribution in [3.05, 3.63) is 30.3 Å². The van der Waals surface area contributed by atoms with Gasteiger partial charge in [-0.05, 0) is 22.6 Å². The van der Waals surface area contributed by atoms with Crippen LogP contribution < -0.4 is 4.90 Å². The molecule has 112 valence electrons. The summed E-state index contributed by atoms with van der Waals surface area (Å²) in [6, 6.07) is 9.00. The molecule has 0 bridgehead atoms. The summed E-state index contributed by atoms with van der Waals surface area (Å²) >= 11 is 0. The molecule has 0 unspecified atom stereocenters. The number of rotatable bonds is 2. The van der Waals surface area contributed by atoms with Crippen LogP contribution in [0.4, 0.5) is 19.1 Å². The van der Waals surface area contributed by atoms with Crippen LogP contribution in [0.1, 0.15) is 0 Å².